The van der Waals surface area contributed by atoms with Crippen LogP contribution >= 0.6 is 0 Å². The minimum atomic E-state index is -1.58. The average Bonchev–Trinajstić information content (AvgIpc) is 3.06. The third-order valence-electron chi connectivity index (χ3n) is 6.58. The maximum atomic E-state index is 12.7. The van der Waals surface area contributed by atoms with E-state index < -0.39 is 8.07 Å². The van der Waals surface area contributed by atoms with Gasteiger partial charge in [-0.3, -0.25) is 9.59 Å². The van der Waals surface area contributed by atoms with E-state index in [4.69, 9.17) is 0 Å². The lowest BCUT2D eigenvalue weighted by Gasteiger charge is -2.04. The highest BCUT2D eigenvalue weighted by molar-refractivity contribution is 6.83. The zero-order chi connectivity index (χ0) is 30.9. The Morgan fingerprint density at radius 1 is 0.409 bits per heavy atom. The van der Waals surface area contributed by atoms with Crippen LogP contribution in [0.3, 0.4) is 0 Å². The monoisotopic (exact) mass is 582 g/mol. The molecule has 0 aliphatic rings. The van der Waals surface area contributed by atoms with Gasteiger partial charge in [0.15, 0.2) is 11.6 Å². The molecule has 0 amide bonds. The maximum Gasteiger partial charge on any atom is 0.193 e. The summed E-state index contributed by atoms with van der Waals surface area (Å²) in [6.07, 6.45) is 0. The number of carbonyl (C=O) groups excluding carboxylic acids is 2. The zero-order valence-corrected chi connectivity index (χ0v) is 25.9. The molecule has 44 heavy (non-hydrogen) atoms. The highest BCUT2D eigenvalue weighted by atomic mass is 28.3. The van der Waals surface area contributed by atoms with Crippen molar-refractivity contribution >= 4 is 19.6 Å². The summed E-state index contributed by atoms with van der Waals surface area (Å²) in [6, 6.07) is 39.1. The molecule has 0 saturated carbocycles. The summed E-state index contributed by atoms with van der Waals surface area (Å²) < 4.78 is 0. The summed E-state index contributed by atoms with van der Waals surface area (Å²) >= 11 is 0. The van der Waals surface area contributed by atoms with Crippen molar-refractivity contribution in [3.05, 3.63) is 177 Å². The lowest BCUT2D eigenvalue weighted by molar-refractivity contribution is 0.103. The molecule has 0 N–H and O–H groups in total. The molecule has 0 unspecified atom stereocenters. The summed E-state index contributed by atoms with van der Waals surface area (Å²) in [5.74, 6) is 16.3. The third kappa shape index (κ3) is 8.21. The van der Waals surface area contributed by atoms with E-state index in [1.54, 1.807) is 0 Å². The lowest BCUT2D eigenvalue weighted by atomic mass is 10.0. The second-order valence-corrected chi connectivity index (χ2v) is 16.1. The molecule has 5 aromatic rings. The highest BCUT2D eigenvalue weighted by Crippen LogP contribution is 2.14. The molecule has 0 spiro atoms. The first-order chi connectivity index (χ1) is 21.2. The summed E-state index contributed by atoms with van der Waals surface area (Å²) in [4.78, 5) is 25.5. The van der Waals surface area contributed by atoms with Crippen LogP contribution in [0.4, 0.5) is 0 Å². The first kappa shape index (κ1) is 29.8. The van der Waals surface area contributed by atoms with Crippen LogP contribution in [0.2, 0.25) is 19.6 Å². The van der Waals surface area contributed by atoms with E-state index in [2.05, 4.69) is 54.8 Å². The van der Waals surface area contributed by atoms with Gasteiger partial charge in [-0.15, -0.1) is 5.54 Å². The van der Waals surface area contributed by atoms with Gasteiger partial charge < -0.3 is 0 Å². The minimum Gasteiger partial charge on any atom is -0.289 e. The Morgan fingerprint density at radius 2 is 0.727 bits per heavy atom. The quantitative estimate of drug-likeness (QED) is 0.122. The van der Waals surface area contributed by atoms with Gasteiger partial charge in [-0.2, -0.15) is 0 Å². The molecule has 2 nitrogen and oxygen atoms in total. The van der Waals surface area contributed by atoms with Crippen LogP contribution in [0.15, 0.2) is 127 Å². The van der Waals surface area contributed by atoms with Gasteiger partial charge in [0.1, 0.15) is 8.07 Å². The van der Waals surface area contributed by atoms with Gasteiger partial charge in [-0.25, -0.2) is 0 Å². The van der Waals surface area contributed by atoms with Crippen LogP contribution in [-0.2, 0) is 0 Å². The van der Waals surface area contributed by atoms with Crippen molar-refractivity contribution in [3.63, 3.8) is 0 Å². The first-order valence-corrected chi connectivity index (χ1v) is 17.9. The smallest absolute Gasteiger partial charge is 0.193 e. The predicted octanol–water partition coefficient (Wildman–Crippen LogP) is 8.18. The summed E-state index contributed by atoms with van der Waals surface area (Å²) in [5.41, 5.74) is 10.1. The van der Waals surface area contributed by atoms with Crippen molar-refractivity contribution in [2.24, 2.45) is 0 Å². The predicted molar refractivity (Wildman–Crippen MR) is 181 cm³/mol. The molecule has 0 radical (unpaired) electrons. The van der Waals surface area contributed by atoms with E-state index >= 15 is 0 Å². The molecule has 0 aliphatic heterocycles. The van der Waals surface area contributed by atoms with Crippen LogP contribution < -0.4 is 0 Å². The molecule has 0 heterocycles. The van der Waals surface area contributed by atoms with E-state index in [0.29, 0.717) is 22.3 Å². The zero-order valence-electron chi connectivity index (χ0n) is 24.9. The van der Waals surface area contributed by atoms with Gasteiger partial charge in [-0.05, 0) is 66.7 Å². The molecular formula is C41H30O2Si. The standard InChI is InChI=1S/C41H30O2Si/c1-44(2,3)27-26-35-29-33(16-14-31-18-22-38(23-19-31)40(42)36-10-6-4-7-11-36)28-34(30-35)17-15-32-20-24-39(25-21-32)41(43)37-12-8-5-9-13-37/h4-13,18-25,28-30H,1-3H3. The number of ketones is 2. The fourth-order valence-electron chi connectivity index (χ4n) is 4.31. The van der Waals surface area contributed by atoms with Crippen molar-refractivity contribution in [2.45, 2.75) is 19.6 Å². The van der Waals surface area contributed by atoms with Gasteiger partial charge in [0.25, 0.3) is 0 Å². The Labute approximate surface area is 260 Å². The molecule has 5 aromatic carbocycles. The largest absolute Gasteiger partial charge is 0.289 e. The third-order valence-corrected chi connectivity index (χ3v) is 7.46. The fraction of sp³-hybridized carbons (Fsp3) is 0.0732. The average molecular weight is 583 g/mol. The number of hydrogen-bond acceptors (Lipinski definition) is 2. The molecule has 3 heteroatoms. The van der Waals surface area contributed by atoms with E-state index in [-0.39, 0.29) is 11.6 Å². The van der Waals surface area contributed by atoms with Crippen molar-refractivity contribution < 1.29 is 9.59 Å². The first-order valence-electron chi connectivity index (χ1n) is 14.4. The Balaban J connectivity index is 1.39. The lowest BCUT2D eigenvalue weighted by Crippen LogP contribution is -2.16. The molecule has 0 atom stereocenters. The van der Waals surface area contributed by atoms with Gasteiger partial charge in [0.05, 0.1) is 0 Å². The normalized spacial score (nSPS) is 10.2. The molecule has 0 fully saturated rings. The topological polar surface area (TPSA) is 34.1 Å². The Kier molecular flexibility index (Phi) is 9.18. The van der Waals surface area contributed by atoms with Crippen LogP contribution in [0.5, 0.6) is 0 Å². The van der Waals surface area contributed by atoms with Crippen molar-refractivity contribution in [1.29, 1.82) is 0 Å². The fourth-order valence-corrected chi connectivity index (χ4v) is 4.83. The van der Waals surface area contributed by atoms with Gasteiger partial charge in [0, 0.05) is 50.1 Å². The van der Waals surface area contributed by atoms with E-state index in [1.165, 1.54) is 0 Å². The van der Waals surface area contributed by atoms with Gasteiger partial charge >= 0.3 is 0 Å². The Morgan fingerprint density at radius 3 is 1.09 bits per heavy atom. The van der Waals surface area contributed by atoms with E-state index in [9.17, 15) is 9.59 Å². The van der Waals surface area contributed by atoms with Crippen molar-refractivity contribution in [2.75, 3.05) is 0 Å². The number of benzene rings is 5. The van der Waals surface area contributed by atoms with Crippen LogP contribution in [0.1, 0.15) is 59.7 Å². The highest BCUT2D eigenvalue weighted by Gasteiger charge is 2.10. The second kappa shape index (κ2) is 13.5. The number of rotatable bonds is 4. The summed E-state index contributed by atoms with van der Waals surface area (Å²) in [7, 11) is -1.58. The van der Waals surface area contributed by atoms with E-state index in [1.807, 2.05) is 127 Å². The Hall–Kier alpha value is -5.66. The number of carbonyl (C=O) groups is 2. The second-order valence-electron chi connectivity index (χ2n) is 11.3. The minimum absolute atomic E-state index is 0.0144. The van der Waals surface area contributed by atoms with Crippen molar-refractivity contribution in [3.8, 4) is 35.1 Å². The SMILES string of the molecule is C[Si](C)(C)C#Cc1cc(C#Cc2ccc(C(=O)c3ccccc3)cc2)cc(C#Cc2ccc(C(=O)c3ccccc3)cc2)c1. The summed E-state index contributed by atoms with van der Waals surface area (Å²) in [6.45, 7) is 6.63. The van der Waals surface area contributed by atoms with Crippen molar-refractivity contribution in [1.82, 2.24) is 0 Å². The van der Waals surface area contributed by atoms with Gasteiger partial charge in [-0.1, -0.05) is 110 Å². The molecule has 5 rings (SSSR count). The molecule has 0 bridgehead atoms. The Bertz CT molecular complexity index is 1870. The molecule has 210 valence electrons. The van der Waals surface area contributed by atoms with Gasteiger partial charge in [0.2, 0.25) is 0 Å². The molecule has 0 aromatic heterocycles. The number of hydrogen-bond donors (Lipinski definition) is 0. The molecular weight excluding hydrogens is 553 g/mol. The van der Waals surface area contributed by atoms with Crippen LogP contribution in [0, 0.1) is 35.1 Å². The van der Waals surface area contributed by atoms with E-state index in [0.717, 1.165) is 27.8 Å². The van der Waals surface area contributed by atoms with Crippen LogP contribution in [0.25, 0.3) is 0 Å². The maximum absolute atomic E-state index is 12.7. The summed E-state index contributed by atoms with van der Waals surface area (Å²) in [5, 5.41) is 0. The molecule has 0 saturated heterocycles. The van der Waals surface area contributed by atoms with Crippen LogP contribution in [-0.4, -0.2) is 19.6 Å². The molecule has 0 aliphatic carbocycles.